The lowest BCUT2D eigenvalue weighted by Crippen LogP contribution is -2.36. The maximum Gasteiger partial charge on any atom is 0.349 e. The van der Waals surface area contributed by atoms with Gasteiger partial charge in [0.15, 0.2) is 6.10 Å². The third-order valence-electron chi connectivity index (χ3n) is 4.73. The van der Waals surface area contributed by atoms with Crippen molar-refractivity contribution >= 4 is 23.2 Å². The van der Waals surface area contributed by atoms with Crippen LogP contribution in [0.15, 0.2) is 17.7 Å². The van der Waals surface area contributed by atoms with Gasteiger partial charge in [-0.15, -0.1) is 11.3 Å². The second-order valence-corrected chi connectivity index (χ2v) is 7.75. The number of thiophene rings is 1. The van der Waals surface area contributed by atoms with Crippen LogP contribution in [0.25, 0.3) is 0 Å². The van der Waals surface area contributed by atoms with Crippen molar-refractivity contribution in [3.8, 4) is 0 Å². The number of allylic oxidation sites excluding steroid dienone is 1. The summed E-state index contributed by atoms with van der Waals surface area (Å²) in [6, 6.07) is 1.93. The summed E-state index contributed by atoms with van der Waals surface area (Å²) >= 11 is 1.51. The number of hydrogen-bond donors (Lipinski definition) is 1. The third kappa shape index (κ3) is 4.26. The van der Waals surface area contributed by atoms with Gasteiger partial charge in [-0.1, -0.05) is 11.6 Å². The largest absolute Gasteiger partial charge is 0.448 e. The minimum atomic E-state index is -0.755. The van der Waals surface area contributed by atoms with Gasteiger partial charge in [0, 0.05) is 11.4 Å². The molecule has 24 heavy (non-hydrogen) atoms. The molecule has 1 aromatic rings. The number of amides is 1. The molecule has 1 atom stereocenters. The van der Waals surface area contributed by atoms with Gasteiger partial charge in [0.05, 0.1) is 0 Å². The standard InChI is InChI=1S/C19H25NO3S/c1-13(18(21)20-11-10-14-6-3-2-4-7-14)23-19(22)17-12-15-8-5-9-16(15)24-17/h6,12-13H,2-5,7-11H2,1H3,(H,20,21)/t13-/m0/s1. The first-order valence-electron chi connectivity index (χ1n) is 8.91. The van der Waals surface area contributed by atoms with E-state index in [9.17, 15) is 9.59 Å². The van der Waals surface area contributed by atoms with Crippen molar-refractivity contribution < 1.29 is 14.3 Å². The van der Waals surface area contributed by atoms with Gasteiger partial charge in [-0.2, -0.15) is 0 Å². The van der Waals surface area contributed by atoms with Crippen molar-refractivity contribution in [3.63, 3.8) is 0 Å². The molecule has 1 N–H and O–H groups in total. The lowest BCUT2D eigenvalue weighted by molar-refractivity contribution is -0.129. The first-order chi connectivity index (χ1) is 11.6. The molecule has 1 amide bonds. The zero-order valence-electron chi connectivity index (χ0n) is 14.2. The number of carbonyl (C=O) groups is 2. The van der Waals surface area contributed by atoms with Crippen LogP contribution in [0.3, 0.4) is 0 Å². The molecule has 5 heteroatoms. The van der Waals surface area contributed by atoms with Crippen LogP contribution in [0.1, 0.15) is 65.6 Å². The van der Waals surface area contributed by atoms with Crippen LogP contribution in [0.4, 0.5) is 0 Å². The van der Waals surface area contributed by atoms with E-state index in [-0.39, 0.29) is 11.9 Å². The summed E-state index contributed by atoms with van der Waals surface area (Å²) in [5.74, 6) is -0.601. The SMILES string of the molecule is C[C@H](OC(=O)c1cc2c(s1)CCC2)C(=O)NCCC1=CCCCC1. The van der Waals surface area contributed by atoms with Crippen LogP contribution in [0.5, 0.6) is 0 Å². The topological polar surface area (TPSA) is 55.4 Å². The first kappa shape index (κ1) is 17.2. The quantitative estimate of drug-likeness (QED) is 0.629. The smallest absolute Gasteiger partial charge is 0.349 e. The Bertz CT molecular complexity index is 626. The Morgan fingerprint density at radius 3 is 2.88 bits per heavy atom. The molecule has 0 aromatic carbocycles. The average molecular weight is 347 g/mol. The number of rotatable bonds is 6. The Morgan fingerprint density at radius 1 is 1.25 bits per heavy atom. The highest BCUT2D eigenvalue weighted by atomic mass is 32.1. The lowest BCUT2D eigenvalue weighted by Gasteiger charge is -2.15. The summed E-state index contributed by atoms with van der Waals surface area (Å²) in [7, 11) is 0. The molecule has 2 aliphatic carbocycles. The third-order valence-corrected chi connectivity index (χ3v) is 5.95. The number of hydrogen-bond acceptors (Lipinski definition) is 4. The number of aryl methyl sites for hydroxylation is 2. The molecule has 0 unspecified atom stereocenters. The molecule has 0 radical (unpaired) electrons. The van der Waals surface area contributed by atoms with E-state index in [4.69, 9.17) is 4.74 Å². The number of ether oxygens (including phenoxy) is 1. The van der Waals surface area contributed by atoms with Crippen LogP contribution in [0.2, 0.25) is 0 Å². The van der Waals surface area contributed by atoms with Crippen LogP contribution in [-0.2, 0) is 22.4 Å². The van der Waals surface area contributed by atoms with Crippen molar-refractivity contribution in [1.82, 2.24) is 5.32 Å². The van der Waals surface area contributed by atoms with Crippen LogP contribution in [-0.4, -0.2) is 24.5 Å². The fourth-order valence-corrected chi connectivity index (χ4v) is 4.46. The molecule has 1 heterocycles. The number of esters is 1. The van der Waals surface area contributed by atoms with Gasteiger partial charge in [0.25, 0.3) is 5.91 Å². The Balaban J connectivity index is 1.43. The van der Waals surface area contributed by atoms with Crippen molar-refractivity contribution in [1.29, 1.82) is 0 Å². The van der Waals surface area contributed by atoms with Gasteiger partial charge < -0.3 is 10.1 Å². The Kier molecular flexibility index (Phi) is 5.72. The van der Waals surface area contributed by atoms with Crippen LogP contribution in [0, 0.1) is 0 Å². The fourth-order valence-electron chi connectivity index (χ4n) is 3.32. The number of carbonyl (C=O) groups excluding carboxylic acids is 2. The highest BCUT2D eigenvalue weighted by Crippen LogP contribution is 2.31. The molecule has 3 rings (SSSR count). The van der Waals surface area contributed by atoms with Crippen LogP contribution >= 0.6 is 11.3 Å². The summed E-state index contributed by atoms with van der Waals surface area (Å²) in [6.45, 7) is 2.24. The minimum Gasteiger partial charge on any atom is -0.448 e. The number of nitrogens with one attached hydrogen (secondary N) is 1. The Hall–Kier alpha value is -1.62. The van der Waals surface area contributed by atoms with E-state index < -0.39 is 6.10 Å². The van der Waals surface area contributed by atoms with Crippen molar-refractivity contribution in [2.75, 3.05) is 6.54 Å². The predicted molar refractivity (Wildman–Crippen MR) is 95.4 cm³/mol. The van der Waals surface area contributed by atoms with E-state index in [0.29, 0.717) is 11.4 Å². The monoisotopic (exact) mass is 347 g/mol. The number of fused-ring (bicyclic) bond motifs is 1. The molecule has 4 nitrogen and oxygen atoms in total. The van der Waals surface area contributed by atoms with E-state index in [2.05, 4.69) is 11.4 Å². The molecule has 0 spiro atoms. The Morgan fingerprint density at radius 2 is 2.12 bits per heavy atom. The summed E-state index contributed by atoms with van der Waals surface area (Å²) in [4.78, 5) is 26.2. The zero-order chi connectivity index (χ0) is 16.9. The van der Waals surface area contributed by atoms with E-state index in [1.165, 1.54) is 46.6 Å². The molecule has 130 valence electrons. The fraction of sp³-hybridized carbons (Fsp3) is 0.579. The van der Waals surface area contributed by atoms with Gasteiger partial charge in [-0.25, -0.2) is 4.79 Å². The molecule has 2 aliphatic rings. The van der Waals surface area contributed by atoms with Crippen molar-refractivity contribution in [2.45, 2.75) is 64.4 Å². The molecule has 0 bridgehead atoms. The second kappa shape index (κ2) is 7.97. The summed E-state index contributed by atoms with van der Waals surface area (Å²) in [6.07, 6.45) is 10.5. The molecule has 0 aliphatic heterocycles. The van der Waals surface area contributed by atoms with Gasteiger partial charge in [0.1, 0.15) is 4.88 Å². The molecule has 1 aromatic heterocycles. The van der Waals surface area contributed by atoms with Gasteiger partial charge in [-0.3, -0.25) is 4.79 Å². The first-order valence-corrected chi connectivity index (χ1v) is 9.73. The summed E-state index contributed by atoms with van der Waals surface area (Å²) < 4.78 is 5.32. The minimum absolute atomic E-state index is 0.219. The molecule has 0 saturated carbocycles. The summed E-state index contributed by atoms with van der Waals surface area (Å²) in [5, 5.41) is 2.87. The maximum absolute atomic E-state index is 12.2. The zero-order valence-corrected chi connectivity index (χ0v) is 15.0. The van der Waals surface area contributed by atoms with Gasteiger partial charge >= 0.3 is 5.97 Å². The molecule has 0 saturated heterocycles. The van der Waals surface area contributed by atoms with E-state index in [1.807, 2.05) is 6.07 Å². The van der Waals surface area contributed by atoms with E-state index in [0.717, 1.165) is 32.1 Å². The Labute approximate surface area is 147 Å². The molecule has 0 fully saturated rings. The van der Waals surface area contributed by atoms with Crippen LogP contribution < -0.4 is 5.32 Å². The van der Waals surface area contributed by atoms with E-state index >= 15 is 0 Å². The van der Waals surface area contributed by atoms with Gasteiger partial charge in [-0.05, 0) is 69.9 Å². The van der Waals surface area contributed by atoms with Gasteiger partial charge in [0.2, 0.25) is 0 Å². The average Bonchev–Trinajstić information content (AvgIpc) is 3.17. The highest BCUT2D eigenvalue weighted by molar-refractivity contribution is 7.14. The lowest BCUT2D eigenvalue weighted by atomic mass is 9.97. The predicted octanol–water partition coefficient (Wildman–Crippen LogP) is 3.79. The molecular formula is C19H25NO3S. The maximum atomic E-state index is 12.2. The van der Waals surface area contributed by atoms with Crippen molar-refractivity contribution in [3.05, 3.63) is 33.0 Å². The normalized spacial score (nSPS) is 17.8. The molecular weight excluding hydrogens is 322 g/mol. The van der Waals surface area contributed by atoms with E-state index in [1.54, 1.807) is 6.92 Å². The summed E-state index contributed by atoms with van der Waals surface area (Å²) in [5.41, 5.74) is 2.70. The second-order valence-electron chi connectivity index (χ2n) is 6.61. The highest BCUT2D eigenvalue weighted by Gasteiger charge is 2.23. The van der Waals surface area contributed by atoms with Crippen molar-refractivity contribution in [2.24, 2.45) is 0 Å².